The molecule has 2 aliphatic rings. The molecular weight excluding hydrogens is 174 g/mol. The van der Waals surface area contributed by atoms with Gasteiger partial charge in [0.05, 0.1) is 0 Å². The highest BCUT2D eigenvalue weighted by molar-refractivity contribution is 5.82. The van der Waals surface area contributed by atoms with E-state index in [1.165, 1.54) is 32.1 Å². The molecule has 0 radical (unpaired) electrons. The van der Waals surface area contributed by atoms with Crippen molar-refractivity contribution in [1.82, 2.24) is 0 Å². The lowest BCUT2D eigenvalue weighted by Crippen LogP contribution is -2.39. The summed E-state index contributed by atoms with van der Waals surface area (Å²) in [6.45, 7) is 0. The van der Waals surface area contributed by atoms with E-state index in [1.807, 2.05) is 0 Å². The maximum absolute atomic E-state index is 11.9. The summed E-state index contributed by atoms with van der Waals surface area (Å²) in [6.07, 6.45) is 9.21. The predicted octanol–water partition coefficient (Wildman–Crippen LogP) is 2.26. The maximum Gasteiger partial charge on any atom is 0.137 e. The smallest absolute Gasteiger partial charge is 0.137 e. The summed E-state index contributed by atoms with van der Waals surface area (Å²) in [6, 6.07) is 0.163. The number of ketones is 1. The number of hydrogen-bond acceptors (Lipinski definition) is 2. The van der Waals surface area contributed by atoms with Gasteiger partial charge in [-0.2, -0.15) is 0 Å². The first-order valence-corrected chi connectivity index (χ1v) is 6.05. The molecule has 2 saturated carbocycles. The third kappa shape index (κ3) is 2.17. The van der Waals surface area contributed by atoms with Crippen LogP contribution in [0.4, 0.5) is 0 Å². The van der Waals surface area contributed by atoms with Crippen molar-refractivity contribution in [2.24, 2.45) is 17.6 Å². The van der Waals surface area contributed by atoms with Crippen LogP contribution in [0.1, 0.15) is 51.4 Å². The second-order valence-electron chi connectivity index (χ2n) is 5.02. The van der Waals surface area contributed by atoms with E-state index in [1.54, 1.807) is 0 Å². The number of Topliss-reactive ketones (excluding diaryl/α,β-unsaturated/α-hetero) is 1. The van der Waals surface area contributed by atoms with Gasteiger partial charge in [0, 0.05) is 18.4 Å². The molecule has 2 atom stereocenters. The molecule has 0 aromatic rings. The van der Waals surface area contributed by atoms with Crippen LogP contribution >= 0.6 is 0 Å². The van der Waals surface area contributed by atoms with Gasteiger partial charge in [0.1, 0.15) is 5.78 Å². The van der Waals surface area contributed by atoms with Gasteiger partial charge in [-0.25, -0.2) is 0 Å². The molecule has 2 rings (SSSR count). The van der Waals surface area contributed by atoms with Crippen LogP contribution in [0.2, 0.25) is 0 Å². The highest BCUT2D eigenvalue weighted by atomic mass is 16.1. The molecule has 80 valence electrons. The summed E-state index contributed by atoms with van der Waals surface area (Å²) in [7, 11) is 0. The lowest BCUT2D eigenvalue weighted by Gasteiger charge is -2.31. The Hall–Kier alpha value is -0.370. The number of nitrogens with two attached hydrogens (primary N) is 1. The van der Waals surface area contributed by atoms with Crippen LogP contribution in [0.3, 0.4) is 0 Å². The molecule has 2 unspecified atom stereocenters. The zero-order chi connectivity index (χ0) is 9.97. The van der Waals surface area contributed by atoms with Crippen LogP contribution in [-0.2, 0) is 4.79 Å². The Morgan fingerprint density at radius 2 is 1.79 bits per heavy atom. The zero-order valence-corrected chi connectivity index (χ0v) is 8.87. The van der Waals surface area contributed by atoms with Crippen molar-refractivity contribution in [2.45, 2.75) is 57.4 Å². The van der Waals surface area contributed by atoms with E-state index >= 15 is 0 Å². The van der Waals surface area contributed by atoms with Crippen LogP contribution in [0.5, 0.6) is 0 Å². The zero-order valence-electron chi connectivity index (χ0n) is 8.87. The lowest BCUT2D eigenvalue weighted by atomic mass is 9.75. The van der Waals surface area contributed by atoms with Gasteiger partial charge in [-0.1, -0.05) is 32.1 Å². The molecule has 0 aromatic heterocycles. The minimum Gasteiger partial charge on any atom is -0.327 e. The quantitative estimate of drug-likeness (QED) is 0.750. The molecule has 2 heteroatoms. The van der Waals surface area contributed by atoms with Gasteiger partial charge >= 0.3 is 0 Å². The Balaban J connectivity index is 1.82. The standard InChI is InChI=1S/C12H21NO/c13-11-7-2-1-6-10(11)12(14)8-9-4-3-5-9/h9-11H,1-8,13H2. The number of hydrogen-bond donors (Lipinski definition) is 1. The molecule has 0 saturated heterocycles. The van der Waals surface area contributed by atoms with Gasteiger partial charge in [0.25, 0.3) is 0 Å². The van der Waals surface area contributed by atoms with E-state index in [9.17, 15) is 4.79 Å². The monoisotopic (exact) mass is 195 g/mol. The van der Waals surface area contributed by atoms with Crippen molar-refractivity contribution in [3.05, 3.63) is 0 Å². The molecular formula is C12H21NO. The van der Waals surface area contributed by atoms with Gasteiger partial charge < -0.3 is 5.73 Å². The molecule has 0 heterocycles. The third-order valence-corrected chi connectivity index (χ3v) is 3.95. The lowest BCUT2D eigenvalue weighted by molar-refractivity contribution is -0.125. The van der Waals surface area contributed by atoms with Crippen molar-refractivity contribution in [3.63, 3.8) is 0 Å². The van der Waals surface area contributed by atoms with Crippen LogP contribution in [0.15, 0.2) is 0 Å². The molecule has 2 N–H and O–H groups in total. The molecule has 2 nitrogen and oxygen atoms in total. The first kappa shape index (κ1) is 10.2. The van der Waals surface area contributed by atoms with Crippen molar-refractivity contribution in [1.29, 1.82) is 0 Å². The molecule has 0 amide bonds. The summed E-state index contributed by atoms with van der Waals surface area (Å²) in [5.74, 6) is 1.36. The fourth-order valence-electron chi connectivity index (χ4n) is 2.69. The highest BCUT2D eigenvalue weighted by Gasteiger charge is 2.30. The van der Waals surface area contributed by atoms with Gasteiger partial charge in [-0.05, 0) is 18.8 Å². The van der Waals surface area contributed by atoms with Gasteiger partial charge in [-0.15, -0.1) is 0 Å². The number of rotatable bonds is 3. The minimum absolute atomic E-state index is 0.163. The average molecular weight is 195 g/mol. The molecule has 0 aliphatic heterocycles. The third-order valence-electron chi connectivity index (χ3n) is 3.95. The normalized spacial score (nSPS) is 33.8. The summed E-state index contributed by atoms with van der Waals surface area (Å²) >= 11 is 0. The second-order valence-corrected chi connectivity index (χ2v) is 5.02. The maximum atomic E-state index is 11.9. The van der Waals surface area contributed by atoms with E-state index < -0.39 is 0 Å². The van der Waals surface area contributed by atoms with E-state index in [2.05, 4.69) is 0 Å². The van der Waals surface area contributed by atoms with Crippen LogP contribution in [0.25, 0.3) is 0 Å². The van der Waals surface area contributed by atoms with Crippen LogP contribution in [-0.4, -0.2) is 11.8 Å². The SMILES string of the molecule is NC1CCCCC1C(=O)CC1CCC1. The molecule has 14 heavy (non-hydrogen) atoms. The van der Waals surface area contributed by atoms with Crippen LogP contribution < -0.4 is 5.73 Å². The molecule has 0 bridgehead atoms. The van der Waals surface area contributed by atoms with Crippen molar-refractivity contribution >= 4 is 5.78 Å². The van der Waals surface area contributed by atoms with E-state index in [0.717, 1.165) is 19.3 Å². The molecule has 2 fully saturated rings. The Kier molecular flexibility index (Phi) is 3.22. The first-order valence-electron chi connectivity index (χ1n) is 6.05. The Labute approximate surface area is 86.2 Å². The predicted molar refractivity (Wildman–Crippen MR) is 56.9 cm³/mol. The number of carbonyl (C=O) groups excluding carboxylic acids is 1. The van der Waals surface area contributed by atoms with Gasteiger partial charge in [-0.3, -0.25) is 4.79 Å². The summed E-state index contributed by atoms with van der Waals surface area (Å²) in [5, 5.41) is 0. The van der Waals surface area contributed by atoms with E-state index in [4.69, 9.17) is 5.73 Å². The van der Waals surface area contributed by atoms with Gasteiger partial charge in [0.2, 0.25) is 0 Å². The largest absolute Gasteiger partial charge is 0.327 e. The average Bonchev–Trinajstić information content (AvgIpc) is 2.12. The molecule has 0 aromatic carbocycles. The second kappa shape index (κ2) is 4.43. The first-order chi connectivity index (χ1) is 6.77. The van der Waals surface area contributed by atoms with Crippen molar-refractivity contribution < 1.29 is 4.79 Å². The van der Waals surface area contributed by atoms with Gasteiger partial charge in [0.15, 0.2) is 0 Å². The fourth-order valence-corrected chi connectivity index (χ4v) is 2.69. The van der Waals surface area contributed by atoms with E-state index in [-0.39, 0.29) is 12.0 Å². The Morgan fingerprint density at radius 1 is 1.07 bits per heavy atom. The number of carbonyl (C=O) groups is 1. The molecule has 2 aliphatic carbocycles. The summed E-state index contributed by atoms with van der Waals surface area (Å²) in [4.78, 5) is 11.9. The van der Waals surface area contributed by atoms with Crippen LogP contribution in [0, 0.1) is 11.8 Å². The van der Waals surface area contributed by atoms with Crippen molar-refractivity contribution in [3.8, 4) is 0 Å². The summed E-state index contributed by atoms with van der Waals surface area (Å²) in [5.41, 5.74) is 5.99. The van der Waals surface area contributed by atoms with E-state index in [0.29, 0.717) is 11.7 Å². The Morgan fingerprint density at radius 3 is 2.36 bits per heavy atom. The topological polar surface area (TPSA) is 43.1 Å². The molecule has 0 spiro atoms. The van der Waals surface area contributed by atoms with Crippen molar-refractivity contribution in [2.75, 3.05) is 0 Å². The highest BCUT2D eigenvalue weighted by Crippen LogP contribution is 2.33. The fraction of sp³-hybridized carbons (Fsp3) is 0.917. The summed E-state index contributed by atoms with van der Waals surface area (Å²) < 4.78 is 0. The Bertz CT molecular complexity index is 210. The minimum atomic E-state index is 0.163.